The Hall–Kier alpha value is -2.30. The molecule has 2 aromatic heterocycles. The van der Waals surface area contributed by atoms with Crippen LogP contribution >= 0.6 is 31.9 Å². The van der Waals surface area contributed by atoms with E-state index in [1.54, 1.807) is 0 Å². The Morgan fingerprint density at radius 1 is 0.606 bits per heavy atom. The van der Waals surface area contributed by atoms with E-state index >= 15 is 0 Å². The summed E-state index contributed by atoms with van der Waals surface area (Å²) in [5.74, 6) is 1.40. The fourth-order valence-electron chi connectivity index (χ4n) is 2.99. The molecule has 9 heteroatoms. The first-order valence-corrected chi connectivity index (χ1v) is 12.4. The van der Waals surface area contributed by atoms with Gasteiger partial charge in [-0.3, -0.25) is 0 Å². The molecule has 0 spiro atoms. The van der Waals surface area contributed by atoms with Crippen molar-refractivity contribution in [2.75, 3.05) is 13.6 Å². The van der Waals surface area contributed by atoms with Crippen molar-refractivity contribution in [3.63, 3.8) is 0 Å². The Labute approximate surface area is 208 Å². The van der Waals surface area contributed by atoms with E-state index in [9.17, 15) is 0 Å². The van der Waals surface area contributed by atoms with Gasteiger partial charge in [-0.05, 0) is 11.1 Å². The van der Waals surface area contributed by atoms with Gasteiger partial charge in [0.2, 0.25) is 0 Å². The lowest BCUT2D eigenvalue weighted by molar-refractivity contribution is -0.140. The summed E-state index contributed by atoms with van der Waals surface area (Å²) in [6.45, 7) is 0.714. The van der Waals surface area contributed by atoms with Gasteiger partial charge < -0.3 is 23.3 Å². The number of ether oxygens (including phenoxy) is 3. The van der Waals surface area contributed by atoms with E-state index in [2.05, 4.69) is 42.2 Å². The van der Waals surface area contributed by atoms with Gasteiger partial charge in [0.05, 0.1) is 13.2 Å². The minimum Gasteiger partial charge on any atom is -0.356 e. The fourth-order valence-corrected chi connectivity index (χ4v) is 3.74. The van der Waals surface area contributed by atoms with Crippen LogP contribution in [0.2, 0.25) is 0 Å². The first kappa shape index (κ1) is 23.8. The van der Waals surface area contributed by atoms with Gasteiger partial charge in [0.15, 0.2) is 11.5 Å². The molecule has 0 radical (unpaired) electrons. The van der Waals surface area contributed by atoms with Crippen LogP contribution in [0.5, 0.6) is 0 Å². The Bertz CT molecular complexity index is 1040. The van der Waals surface area contributed by atoms with E-state index in [0.29, 0.717) is 22.9 Å². The van der Waals surface area contributed by atoms with Crippen LogP contribution in [0.4, 0.5) is 0 Å². The molecule has 0 aliphatic heterocycles. The predicted molar refractivity (Wildman–Crippen MR) is 130 cm³/mol. The lowest BCUT2D eigenvalue weighted by atomic mass is 10.1. The van der Waals surface area contributed by atoms with Gasteiger partial charge in [0.1, 0.15) is 25.0 Å². The Morgan fingerprint density at radius 3 is 1.42 bits per heavy atom. The topological polar surface area (TPSA) is 79.8 Å². The summed E-state index contributed by atoms with van der Waals surface area (Å²) >= 11 is 6.87. The molecule has 0 saturated carbocycles. The molecule has 33 heavy (non-hydrogen) atoms. The first-order valence-electron chi connectivity index (χ1n) is 10.2. The number of nitrogens with zero attached hydrogens (tertiary/aromatic N) is 2. The molecule has 0 fully saturated rings. The third kappa shape index (κ3) is 6.84. The molecule has 2 heterocycles. The normalized spacial score (nSPS) is 11.2. The Morgan fingerprint density at radius 2 is 1.03 bits per heavy atom. The van der Waals surface area contributed by atoms with Gasteiger partial charge in [-0.15, -0.1) is 0 Å². The maximum absolute atomic E-state index is 5.47. The van der Waals surface area contributed by atoms with Gasteiger partial charge in [-0.25, -0.2) is 0 Å². The molecule has 0 unspecified atom stereocenters. The SMILES string of the molecule is BrCc1ccc(-c2cc(COCOCOCc3cc(-c4ccc(CBr)cc4)on3)no2)cc1. The zero-order chi connectivity index (χ0) is 22.9. The molecule has 0 atom stereocenters. The molecule has 0 saturated heterocycles. The maximum Gasteiger partial charge on any atom is 0.167 e. The van der Waals surface area contributed by atoms with Crippen LogP contribution in [0.3, 0.4) is 0 Å². The van der Waals surface area contributed by atoms with Gasteiger partial charge >= 0.3 is 0 Å². The minimum atomic E-state index is 0.0755. The van der Waals surface area contributed by atoms with Crippen molar-refractivity contribution in [2.24, 2.45) is 0 Å². The number of hydrogen-bond donors (Lipinski definition) is 0. The third-order valence-electron chi connectivity index (χ3n) is 4.74. The average molecular weight is 578 g/mol. The molecule has 4 rings (SSSR count). The molecule has 0 aliphatic carbocycles. The highest BCUT2D eigenvalue weighted by atomic mass is 79.9. The highest BCUT2D eigenvalue weighted by molar-refractivity contribution is 9.08. The summed E-state index contributed by atoms with van der Waals surface area (Å²) < 4.78 is 27.1. The number of aromatic nitrogens is 2. The molecular weight excluding hydrogens is 556 g/mol. The standard InChI is InChI=1S/C24H22Br2N2O5/c25-11-17-1-5-19(6-2-17)23-9-21(27-32-23)13-29-15-31-16-30-14-22-10-24(33-28-22)20-7-3-18(12-26)4-8-20/h1-10H,11-16H2. The number of hydrogen-bond acceptors (Lipinski definition) is 7. The monoisotopic (exact) mass is 576 g/mol. The summed E-state index contributed by atoms with van der Waals surface area (Å²) in [6, 6.07) is 19.9. The largest absolute Gasteiger partial charge is 0.356 e. The minimum absolute atomic E-state index is 0.0755. The van der Waals surface area contributed by atoms with E-state index in [4.69, 9.17) is 23.3 Å². The fraction of sp³-hybridized carbons (Fsp3) is 0.250. The average Bonchev–Trinajstić information content (AvgIpc) is 3.54. The number of benzene rings is 2. The van der Waals surface area contributed by atoms with Crippen LogP contribution in [0.25, 0.3) is 22.6 Å². The molecular formula is C24H22Br2N2O5. The van der Waals surface area contributed by atoms with Crippen molar-refractivity contribution < 1.29 is 23.3 Å². The molecule has 172 valence electrons. The predicted octanol–water partition coefficient (Wildman–Crippen LogP) is 6.45. The molecule has 2 aromatic carbocycles. The molecule has 7 nitrogen and oxygen atoms in total. The second kappa shape index (κ2) is 12.2. The van der Waals surface area contributed by atoms with Crippen LogP contribution in [0, 0.1) is 0 Å². The van der Waals surface area contributed by atoms with E-state index in [-0.39, 0.29) is 26.8 Å². The van der Waals surface area contributed by atoms with Crippen molar-refractivity contribution in [1.29, 1.82) is 0 Å². The van der Waals surface area contributed by atoms with E-state index in [1.807, 2.05) is 60.7 Å². The van der Waals surface area contributed by atoms with Gasteiger partial charge in [-0.2, -0.15) is 0 Å². The summed E-state index contributed by atoms with van der Waals surface area (Å²) in [5, 5.41) is 9.69. The summed E-state index contributed by atoms with van der Waals surface area (Å²) in [6.07, 6.45) is 0. The van der Waals surface area contributed by atoms with Crippen LogP contribution in [-0.4, -0.2) is 23.9 Å². The zero-order valence-corrected chi connectivity index (χ0v) is 20.9. The molecule has 0 N–H and O–H groups in total. The third-order valence-corrected chi connectivity index (χ3v) is 6.03. The van der Waals surface area contributed by atoms with Crippen molar-refractivity contribution in [2.45, 2.75) is 23.9 Å². The van der Waals surface area contributed by atoms with E-state index < -0.39 is 0 Å². The van der Waals surface area contributed by atoms with Crippen LogP contribution in [-0.2, 0) is 38.1 Å². The lowest BCUT2D eigenvalue weighted by Gasteiger charge is -2.04. The number of rotatable bonds is 12. The summed E-state index contributed by atoms with van der Waals surface area (Å²) in [7, 11) is 0. The first-order chi connectivity index (χ1) is 16.2. The van der Waals surface area contributed by atoms with Crippen molar-refractivity contribution in [3.8, 4) is 22.6 Å². The van der Waals surface area contributed by atoms with E-state index in [1.165, 1.54) is 11.1 Å². The van der Waals surface area contributed by atoms with Crippen molar-refractivity contribution in [1.82, 2.24) is 10.3 Å². The quantitative estimate of drug-likeness (QED) is 0.109. The lowest BCUT2D eigenvalue weighted by Crippen LogP contribution is -2.05. The van der Waals surface area contributed by atoms with Gasteiger partial charge in [0, 0.05) is 33.9 Å². The zero-order valence-electron chi connectivity index (χ0n) is 17.7. The number of alkyl halides is 2. The Kier molecular flexibility index (Phi) is 8.85. The van der Waals surface area contributed by atoms with E-state index in [0.717, 1.165) is 21.8 Å². The van der Waals surface area contributed by atoms with Crippen LogP contribution in [0.1, 0.15) is 22.5 Å². The summed E-state index contributed by atoms with van der Waals surface area (Å²) in [5.41, 5.74) is 5.72. The van der Waals surface area contributed by atoms with Crippen molar-refractivity contribution in [3.05, 3.63) is 83.2 Å². The van der Waals surface area contributed by atoms with Crippen molar-refractivity contribution >= 4 is 31.9 Å². The highest BCUT2D eigenvalue weighted by Gasteiger charge is 2.08. The maximum atomic E-state index is 5.47. The number of halogens is 2. The summed E-state index contributed by atoms with van der Waals surface area (Å²) in [4.78, 5) is 0. The molecule has 4 aromatic rings. The second-order valence-electron chi connectivity index (χ2n) is 7.16. The van der Waals surface area contributed by atoms with Crippen LogP contribution < -0.4 is 0 Å². The molecule has 0 amide bonds. The molecule has 0 bridgehead atoms. The Balaban J connectivity index is 1.12. The van der Waals surface area contributed by atoms with Gasteiger partial charge in [-0.1, -0.05) is 90.7 Å². The van der Waals surface area contributed by atoms with Gasteiger partial charge in [0.25, 0.3) is 0 Å². The van der Waals surface area contributed by atoms with Crippen LogP contribution in [0.15, 0.2) is 69.7 Å². The second-order valence-corrected chi connectivity index (χ2v) is 8.28. The smallest absolute Gasteiger partial charge is 0.167 e. The highest BCUT2D eigenvalue weighted by Crippen LogP contribution is 2.23. The molecule has 0 aliphatic rings.